The second kappa shape index (κ2) is 9.97. The minimum atomic E-state index is -0.420. The second-order valence-corrected chi connectivity index (χ2v) is 10.1. The maximum Gasteiger partial charge on any atom is 0.284 e. The van der Waals surface area contributed by atoms with E-state index in [-0.39, 0.29) is 11.6 Å². The fraction of sp³-hybridized carbons (Fsp3) is 0.240. The average molecular weight is 526 g/mol. The van der Waals surface area contributed by atoms with E-state index < -0.39 is 4.92 Å². The zero-order valence-corrected chi connectivity index (χ0v) is 20.9. The number of benzene rings is 3. The van der Waals surface area contributed by atoms with Gasteiger partial charge in [0.25, 0.3) is 11.6 Å². The first kappa shape index (κ1) is 23.3. The van der Waals surface area contributed by atoms with Gasteiger partial charge in [0.1, 0.15) is 0 Å². The Hall–Kier alpha value is -2.84. The summed E-state index contributed by atoms with van der Waals surface area (Å²) in [5.41, 5.74) is 3.93. The third-order valence-corrected chi connectivity index (χ3v) is 7.32. The number of nitro groups is 1. The van der Waals surface area contributed by atoms with Gasteiger partial charge in [-0.15, -0.1) is 0 Å². The molecule has 1 heterocycles. The van der Waals surface area contributed by atoms with Crippen LogP contribution in [0.2, 0.25) is 0 Å². The van der Waals surface area contributed by atoms with E-state index in [1.165, 1.54) is 34.6 Å². The molecule has 6 nitrogen and oxygen atoms in total. The Bertz CT molecular complexity index is 1190. The van der Waals surface area contributed by atoms with E-state index in [4.69, 9.17) is 0 Å². The molecular weight excluding hydrogens is 502 g/mol. The van der Waals surface area contributed by atoms with Crippen molar-refractivity contribution in [2.45, 2.75) is 23.6 Å². The van der Waals surface area contributed by atoms with E-state index in [0.717, 1.165) is 22.5 Å². The molecule has 170 valence electrons. The number of rotatable bonds is 5. The fourth-order valence-corrected chi connectivity index (χ4v) is 5.07. The molecule has 1 fully saturated rings. The first-order valence-electron chi connectivity index (χ1n) is 10.6. The monoisotopic (exact) mass is 525 g/mol. The molecule has 0 aromatic heterocycles. The highest BCUT2D eigenvalue weighted by atomic mass is 79.9. The topological polar surface area (TPSA) is 66.7 Å². The highest BCUT2D eigenvalue weighted by Crippen LogP contribution is 2.36. The molecule has 0 radical (unpaired) electrons. The smallest absolute Gasteiger partial charge is 0.284 e. The molecule has 33 heavy (non-hydrogen) atoms. The van der Waals surface area contributed by atoms with Crippen molar-refractivity contribution in [1.82, 2.24) is 4.90 Å². The number of nitro benzene ring substituents is 1. The van der Waals surface area contributed by atoms with Crippen molar-refractivity contribution in [3.05, 3.63) is 91.9 Å². The number of nitrogens with zero attached hydrogens (tertiary/aromatic N) is 3. The molecule has 1 saturated heterocycles. The number of piperazine rings is 1. The predicted octanol–water partition coefficient (Wildman–Crippen LogP) is 6.09. The lowest BCUT2D eigenvalue weighted by Crippen LogP contribution is -2.49. The van der Waals surface area contributed by atoms with Crippen molar-refractivity contribution in [3.8, 4) is 0 Å². The number of halogens is 1. The van der Waals surface area contributed by atoms with Crippen molar-refractivity contribution >= 4 is 45.0 Å². The fourth-order valence-electron chi connectivity index (χ4n) is 3.90. The Morgan fingerprint density at radius 3 is 2.33 bits per heavy atom. The lowest BCUT2D eigenvalue weighted by molar-refractivity contribution is -0.387. The summed E-state index contributed by atoms with van der Waals surface area (Å²) in [6, 6.07) is 18.7. The normalized spacial score (nSPS) is 13.8. The van der Waals surface area contributed by atoms with Crippen LogP contribution in [0.3, 0.4) is 0 Å². The Labute approximate surface area is 205 Å². The van der Waals surface area contributed by atoms with Crippen molar-refractivity contribution in [2.24, 2.45) is 0 Å². The van der Waals surface area contributed by atoms with Gasteiger partial charge >= 0.3 is 0 Å². The molecule has 0 bridgehead atoms. The number of hydrogen-bond donors (Lipinski definition) is 0. The Balaban J connectivity index is 1.48. The first-order valence-corrected chi connectivity index (χ1v) is 12.3. The van der Waals surface area contributed by atoms with Crippen LogP contribution in [0.5, 0.6) is 0 Å². The van der Waals surface area contributed by atoms with E-state index in [9.17, 15) is 14.9 Å². The highest BCUT2D eigenvalue weighted by Gasteiger charge is 2.25. The number of carbonyl (C=O) groups excluding carboxylic acids is 1. The van der Waals surface area contributed by atoms with Gasteiger partial charge < -0.3 is 9.80 Å². The minimum Gasteiger partial charge on any atom is -0.368 e. The number of aryl methyl sites for hydroxylation is 2. The Kier molecular flexibility index (Phi) is 7.05. The number of anilines is 1. The predicted molar refractivity (Wildman–Crippen MR) is 135 cm³/mol. The second-order valence-electron chi connectivity index (χ2n) is 8.06. The summed E-state index contributed by atoms with van der Waals surface area (Å²) in [7, 11) is 0. The maximum atomic E-state index is 13.1. The molecular formula is C25H24BrN3O3S. The number of carbonyl (C=O) groups is 1. The summed E-state index contributed by atoms with van der Waals surface area (Å²) in [6.07, 6.45) is 0. The molecule has 3 aromatic carbocycles. The average Bonchev–Trinajstić information content (AvgIpc) is 2.82. The molecule has 0 saturated carbocycles. The molecule has 1 amide bonds. The standard InChI is InChI=1S/C25H24BrN3O3S/c1-17-3-4-18(2)22(15-17)27-11-13-28(14-12-27)25(30)19-5-10-24(23(16-19)29(31)32)33-21-8-6-20(26)7-9-21/h3-10,15-16H,11-14H2,1-2H3. The van der Waals surface area contributed by atoms with Crippen molar-refractivity contribution < 1.29 is 9.72 Å². The van der Waals surface area contributed by atoms with Gasteiger partial charge in [-0.25, -0.2) is 0 Å². The Morgan fingerprint density at radius 1 is 0.970 bits per heavy atom. The summed E-state index contributed by atoms with van der Waals surface area (Å²) >= 11 is 4.71. The largest absolute Gasteiger partial charge is 0.368 e. The van der Waals surface area contributed by atoms with Gasteiger partial charge in [-0.2, -0.15) is 0 Å². The van der Waals surface area contributed by atoms with Gasteiger partial charge in [0.15, 0.2) is 0 Å². The van der Waals surface area contributed by atoms with Crippen LogP contribution in [-0.2, 0) is 0 Å². The summed E-state index contributed by atoms with van der Waals surface area (Å²) < 4.78 is 0.944. The summed E-state index contributed by atoms with van der Waals surface area (Å²) in [4.78, 5) is 29.9. The van der Waals surface area contributed by atoms with Crippen LogP contribution in [0.15, 0.2) is 74.9 Å². The van der Waals surface area contributed by atoms with Crippen LogP contribution < -0.4 is 4.90 Å². The van der Waals surface area contributed by atoms with Gasteiger partial charge in [0.2, 0.25) is 0 Å². The third-order valence-electron chi connectivity index (χ3n) is 5.72. The SMILES string of the molecule is Cc1ccc(C)c(N2CCN(C(=O)c3ccc(Sc4ccc(Br)cc4)c([N+](=O)[O-])c3)CC2)c1. The molecule has 0 spiro atoms. The summed E-state index contributed by atoms with van der Waals surface area (Å²) in [5.74, 6) is -0.168. The molecule has 3 aromatic rings. The minimum absolute atomic E-state index is 0.0530. The molecule has 0 unspecified atom stereocenters. The van der Waals surface area contributed by atoms with Gasteiger partial charge in [-0.3, -0.25) is 14.9 Å². The van der Waals surface area contributed by atoms with E-state index in [1.54, 1.807) is 17.0 Å². The van der Waals surface area contributed by atoms with E-state index >= 15 is 0 Å². The number of hydrogen-bond acceptors (Lipinski definition) is 5. The van der Waals surface area contributed by atoms with Gasteiger partial charge in [0, 0.05) is 52.9 Å². The highest BCUT2D eigenvalue weighted by molar-refractivity contribution is 9.10. The van der Waals surface area contributed by atoms with Gasteiger partial charge in [-0.05, 0) is 67.4 Å². The van der Waals surface area contributed by atoms with E-state index in [0.29, 0.717) is 23.5 Å². The molecule has 1 aliphatic heterocycles. The van der Waals surface area contributed by atoms with Crippen LogP contribution in [0.1, 0.15) is 21.5 Å². The van der Waals surface area contributed by atoms with Crippen molar-refractivity contribution in [3.63, 3.8) is 0 Å². The molecule has 8 heteroatoms. The third kappa shape index (κ3) is 5.39. The molecule has 0 atom stereocenters. The van der Waals surface area contributed by atoms with E-state index in [2.05, 4.69) is 52.9 Å². The van der Waals surface area contributed by atoms with E-state index in [1.807, 2.05) is 24.3 Å². The number of amides is 1. The molecule has 0 N–H and O–H groups in total. The Morgan fingerprint density at radius 2 is 1.67 bits per heavy atom. The van der Waals surface area contributed by atoms with Crippen molar-refractivity contribution in [1.29, 1.82) is 0 Å². The van der Waals surface area contributed by atoms with Crippen LogP contribution in [-0.4, -0.2) is 41.9 Å². The van der Waals surface area contributed by atoms with Crippen LogP contribution in [0.25, 0.3) is 0 Å². The van der Waals surface area contributed by atoms with Crippen LogP contribution in [0.4, 0.5) is 11.4 Å². The summed E-state index contributed by atoms with van der Waals surface area (Å²) in [5, 5.41) is 11.7. The van der Waals surface area contributed by atoms with Crippen LogP contribution in [0, 0.1) is 24.0 Å². The zero-order chi connectivity index (χ0) is 23.5. The van der Waals surface area contributed by atoms with Crippen LogP contribution >= 0.6 is 27.7 Å². The molecule has 0 aliphatic carbocycles. The summed E-state index contributed by atoms with van der Waals surface area (Å²) in [6.45, 7) is 6.80. The lowest BCUT2D eigenvalue weighted by atomic mass is 10.1. The van der Waals surface area contributed by atoms with Gasteiger partial charge in [-0.1, -0.05) is 39.8 Å². The first-order chi connectivity index (χ1) is 15.8. The molecule has 1 aliphatic rings. The lowest BCUT2D eigenvalue weighted by Gasteiger charge is -2.37. The molecule has 4 rings (SSSR count). The zero-order valence-electron chi connectivity index (χ0n) is 18.5. The van der Waals surface area contributed by atoms with Crippen molar-refractivity contribution in [2.75, 3.05) is 31.1 Å². The maximum absolute atomic E-state index is 13.1. The van der Waals surface area contributed by atoms with Gasteiger partial charge in [0.05, 0.1) is 9.82 Å². The quantitative estimate of drug-likeness (QED) is 0.298.